The van der Waals surface area contributed by atoms with E-state index >= 15 is 0 Å². The van der Waals surface area contributed by atoms with E-state index in [0.717, 1.165) is 32.5 Å². The van der Waals surface area contributed by atoms with Gasteiger partial charge < -0.3 is 10.0 Å². The summed E-state index contributed by atoms with van der Waals surface area (Å²) in [5, 5.41) is 17.1. The molecule has 0 aromatic rings. The van der Waals surface area contributed by atoms with Gasteiger partial charge in [-0.1, -0.05) is 0 Å². The molecule has 0 aromatic heterocycles. The fourth-order valence-electron chi connectivity index (χ4n) is 1.92. The molecule has 0 aliphatic carbocycles. The van der Waals surface area contributed by atoms with Crippen molar-refractivity contribution in [1.82, 2.24) is 4.90 Å². The molecule has 0 saturated carbocycles. The zero-order chi connectivity index (χ0) is 9.52. The van der Waals surface area contributed by atoms with Crippen LogP contribution in [-0.2, 0) is 0 Å². The van der Waals surface area contributed by atoms with E-state index in [-0.39, 0.29) is 0 Å². The van der Waals surface area contributed by atoms with Crippen LogP contribution >= 0.6 is 0 Å². The first kappa shape index (κ1) is 10.5. The molecule has 1 aliphatic rings. The molecule has 13 heavy (non-hydrogen) atoms. The van der Waals surface area contributed by atoms with Crippen LogP contribution in [0.5, 0.6) is 0 Å². The quantitative estimate of drug-likeness (QED) is 0.645. The highest BCUT2D eigenvalue weighted by Gasteiger charge is 2.20. The summed E-state index contributed by atoms with van der Waals surface area (Å²) < 4.78 is 0. The van der Waals surface area contributed by atoms with Crippen LogP contribution < -0.4 is 0 Å². The molecule has 1 unspecified atom stereocenters. The van der Waals surface area contributed by atoms with E-state index in [2.05, 4.69) is 11.0 Å². The number of hydrogen-bond acceptors (Lipinski definition) is 3. The third kappa shape index (κ3) is 3.75. The number of unbranched alkanes of at least 4 members (excludes halogenated alkanes) is 1. The van der Waals surface area contributed by atoms with E-state index in [1.807, 2.05) is 0 Å². The first-order chi connectivity index (χ1) is 6.36. The third-order valence-corrected chi connectivity index (χ3v) is 2.67. The first-order valence-corrected chi connectivity index (χ1v) is 5.07. The lowest BCUT2D eigenvalue weighted by Crippen LogP contribution is -2.22. The van der Waals surface area contributed by atoms with Crippen LogP contribution in [0.15, 0.2) is 0 Å². The molecule has 1 saturated heterocycles. The van der Waals surface area contributed by atoms with E-state index in [1.165, 1.54) is 6.42 Å². The topological polar surface area (TPSA) is 47.3 Å². The van der Waals surface area contributed by atoms with Gasteiger partial charge in [-0.05, 0) is 38.3 Å². The zero-order valence-electron chi connectivity index (χ0n) is 8.08. The van der Waals surface area contributed by atoms with Crippen molar-refractivity contribution in [3.05, 3.63) is 0 Å². The van der Waals surface area contributed by atoms with Crippen molar-refractivity contribution in [2.75, 3.05) is 26.2 Å². The number of aliphatic hydroxyl groups excluding tert-OH is 1. The highest BCUT2D eigenvalue weighted by Crippen LogP contribution is 2.19. The number of hydrogen-bond donors (Lipinski definition) is 1. The number of likely N-dealkylation sites (tertiary alicyclic amines) is 1. The van der Waals surface area contributed by atoms with Crippen LogP contribution in [0.1, 0.15) is 25.7 Å². The maximum Gasteiger partial charge on any atom is 0.0622 e. The largest absolute Gasteiger partial charge is 0.396 e. The molecule has 1 N–H and O–H groups in total. The normalized spacial score (nSPS) is 23.2. The second kappa shape index (κ2) is 5.95. The molecule has 0 amide bonds. The number of nitrogens with zero attached hydrogens (tertiary/aromatic N) is 2. The Bertz CT molecular complexity index is 176. The Morgan fingerprint density at radius 3 is 3.08 bits per heavy atom. The van der Waals surface area contributed by atoms with Crippen molar-refractivity contribution in [1.29, 1.82) is 5.26 Å². The molecule has 1 atom stereocenters. The summed E-state index contributed by atoms with van der Waals surface area (Å²) in [6.45, 7) is 3.63. The second-order valence-corrected chi connectivity index (χ2v) is 3.73. The first-order valence-electron chi connectivity index (χ1n) is 5.07. The lowest BCUT2D eigenvalue weighted by atomic mass is 10.1. The van der Waals surface area contributed by atoms with E-state index in [4.69, 9.17) is 10.4 Å². The maximum absolute atomic E-state index is 8.77. The van der Waals surface area contributed by atoms with Gasteiger partial charge in [0.15, 0.2) is 0 Å². The van der Waals surface area contributed by atoms with Crippen LogP contribution in [0.3, 0.4) is 0 Å². The van der Waals surface area contributed by atoms with Crippen LogP contribution in [0.2, 0.25) is 0 Å². The maximum atomic E-state index is 8.77. The van der Waals surface area contributed by atoms with Crippen molar-refractivity contribution >= 4 is 0 Å². The highest BCUT2D eigenvalue weighted by molar-refractivity contribution is 4.77. The Hall–Kier alpha value is -0.590. The molecule has 74 valence electrons. The Morgan fingerprint density at radius 2 is 2.38 bits per heavy atom. The number of rotatable bonds is 5. The third-order valence-electron chi connectivity index (χ3n) is 2.67. The van der Waals surface area contributed by atoms with Crippen molar-refractivity contribution in [3.63, 3.8) is 0 Å². The molecular weight excluding hydrogens is 164 g/mol. The minimum atomic E-state index is 0.316. The monoisotopic (exact) mass is 182 g/mol. The summed E-state index contributed by atoms with van der Waals surface area (Å²) in [7, 11) is 0. The van der Waals surface area contributed by atoms with Gasteiger partial charge in [0.05, 0.1) is 6.07 Å². The van der Waals surface area contributed by atoms with Crippen molar-refractivity contribution in [2.45, 2.75) is 25.7 Å². The summed E-state index contributed by atoms with van der Waals surface area (Å²) in [6.07, 6.45) is 3.81. The SMILES string of the molecule is N#CCCCN1CCC(CCO)C1. The van der Waals surface area contributed by atoms with Gasteiger partial charge in [0.2, 0.25) is 0 Å². The van der Waals surface area contributed by atoms with Gasteiger partial charge in [0.1, 0.15) is 0 Å². The predicted molar refractivity (Wildman–Crippen MR) is 51.1 cm³/mol. The van der Waals surface area contributed by atoms with E-state index in [0.29, 0.717) is 18.9 Å². The van der Waals surface area contributed by atoms with E-state index in [1.54, 1.807) is 0 Å². The van der Waals surface area contributed by atoms with Crippen LogP contribution in [-0.4, -0.2) is 36.2 Å². The van der Waals surface area contributed by atoms with Gasteiger partial charge >= 0.3 is 0 Å². The Balaban J connectivity index is 2.07. The number of nitriles is 1. The van der Waals surface area contributed by atoms with E-state index < -0.39 is 0 Å². The summed E-state index contributed by atoms with van der Waals surface area (Å²) in [4.78, 5) is 2.40. The van der Waals surface area contributed by atoms with Gasteiger partial charge in [-0.15, -0.1) is 0 Å². The fraction of sp³-hybridized carbons (Fsp3) is 0.900. The smallest absolute Gasteiger partial charge is 0.0622 e. The Kier molecular flexibility index (Phi) is 4.81. The summed E-state index contributed by atoms with van der Waals surface area (Å²) in [5.41, 5.74) is 0. The van der Waals surface area contributed by atoms with Crippen molar-refractivity contribution in [3.8, 4) is 6.07 Å². The molecule has 3 nitrogen and oxygen atoms in total. The van der Waals surface area contributed by atoms with Crippen LogP contribution in [0, 0.1) is 17.2 Å². The zero-order valence-corrected chi connectivity index (χ0v) is 8.08. The molecular formula is C10H18N2O. The minimum absolute atomic E-state index is 0.316. The molecule has 0 radical (unpaired) electrons. The Morgan fingerprint density at radius 1 is 1.54 bits per heavy atom. The van der Waals surface area contributed by atoms with Gasteiger partial charge in [0, 0.05) is 19.6 Å². The molecule has 1 fully saturated rings. The number of aliphatic hydroxyl groups is 1. The van der Waals surface area contributed by atoms with Gasteiger partial charge in [-0.2, -0.15) is 5.26 Å². The predicted octanol–water partition coefficient (Wildman–Crippen LogP) is 0.994. The molecule has 0 bridgehead atoms. The highest BCUT2D eigenvalue weighted by atomic mass is 16.3. The second-order valence-electron chi connectivity index (χ2n) is 3.73. The lowest BCUT2D eigenvalue weighted by molar-refractivity contribution is 0.250. The molecule has 1 rings (SSSR count). The van der Waals surface area contributed by atoms with Crippen molar-refractivity contribution < 1.29 is 5.11 Å². The van der Waals surface area contributed by atoms with Gasteiger partial charge in [-0.3, -0.25) is 0 Å². The molecule has 0 spiro atoms. The van der Waals surface area contributed by atoms with Crippen LogP contribution in [0.4, 0.5) is 0 Å². The van der Waals surface area contributed by atoms with Gasteiger partial charge in [0.25, 0.3) is 0 Å². The van der Waals surface area contributed by atoms with Gasteiger partial charge in [-0.25, -0.2) is 0 Å². The summed E-state index contributed by atoms with van der Waals surface area (Å²) in [6, 6.07) is 2.16. The minimum Gasteiger partial charge on any atom is -0.396 e. The fourth-order valence-corrected chi connectivity index (χ4v) is 1.92. The average Bonchev–Trinajstić information content (AvgIpc) is 2.54. The molecule has 1 heterocycles. The van der Waals surface area contributed by atoms with Crippen molar-refractivity contribution in [2.24, 2.45) is 5.92 Å². The lowest BCUT2D eigenvalue weighted by Gasteiger charge is -2.14. The summed E-state index contributed by atoms with van der Waals surface area (Å²) in [5.74, 6) is 0.687. The Labute approximate surface area is 80.0 Å². The average molecular weight is 182 g/mol. The van der Waals surface area contributed by atoms with E-state index in [9.17, 15) is 0 Å². The molecule has 0 aromatic carbocycles. The standard InChI is InChI=1S/C10H18N2O/c11-5-1-2-6-12-7-3-10(9-12)4-8-13/h10,13H,1-4,6-9H2. The van der Waals surface area contributed by atoms with Crippen LogP contribution in [0.25, 0.3) is 0 Å². The molecule has 1 aliphatic heterocycles. The molecule has 3 heteroatoms. The summed E-state index contributed by atoms with van der Waals surface area (Å²) >= 11 is 0.